The van der Waals surface area contributed by atoms with Gasteiger partial charge >= 0.3 is 5.97 Å². The van der Waals surface area contributed by atoms with Crippen molar-refractivity contribution in [2.24, 2.45) is 0 Å². The lowest BCUT2D eigenvalue weighted by Gasteiger charge is -2.14. The molecule has 0 radical (unpaired) electrons. The van der Waals surface area contributed by atoms with E-state index in [1.165, 1.54) is 29.8 Å². The van der Waals surface area contributed by atoms with Gasteiger partial charge in [-0.25, -0.2) is 4.79 Å². The van der Waals surface area contributed by atoms with Crippen molar-refractivity contribution in [2.45, 2.75) is 25.8 Å². The molecule has 0 aliphatic heterocycles. The van der Waals surface area contributed by atoms with Gasteiger partial charge in [0.05, 0.1) is 5.56 Å². The third-order valence-corrected chi connectivity index (χ3v) is 3.53. The zero-order valence-electron chi connectivity index (χ0n) is 13.6. The van der Waals surface area contributed by atoms with Crippen LogP contribution in [0.15, 0.2) is 54.6 Å². The number of phenols is 1. The number of rotatable bonds is 7. The summed E-state index contributed by atoms with van der Waals surface area (Å²) in [5.74, 6) is -1.01. The zero-order valence-corrected chi connectivity index (χ0v) is 13.6. The predicted molar refractivity (Wildman–Crippen MR) is 90.8 cm³/mol. The van der Waals surface area contributed by atoms with Gasteiger partial charge < -0.3 is 15.2 Å². The SMILES string of the molecule is C[C@H](CCc1ccccc1)NC(=O)COC(=O)c1cccc(O)c1. The third-order valence-electron chi connectivity index (χ3n) is 3.53. The summed E-state index contributed by atoms with van der Waals surface area (Å²) in [4.78, 5) is 23.6. The number of esters is 1. The second kappa shape index (κ2) is 8.72. The van der Waals surface area contributed by atoms with E-state index in [2.05, 4.69) is 5.32 Å². The molecule has 2 rings (SSSR count). The van der Waals surface area contributed by atoms with E-state index in [0.29, 0.717) is 0 Å². The molecule has 0 saturated carbocycles. The molecule has 5 heteroatoms. The first-order valence-electron chi connectivity index (χ1n) is 7.84. The summed E-state index contributed by atoms with van der Waals surface area (Å²) in [5.41, 5.74) is 1.42. The Morgan fingerprint density at radius 3 is 2.58 bits per heavy atom. The number of hydrogen-bond donors (Lipinski definition) is 2. The molecule has 24 heavy (non-hydrogen) atoms. The Hall–Kier alpha value is -2.82. The largest absolute Gasteiger partial charge is 0.508 e. The molecule has 2 N–H and O–H groups in total. The number of carbonyl (C=O) groups excluding carboxylic acids is 2. The second-order valence-corrected chi connectivity index (χ2v) is 5.62. The number of ether oxygens (including phenoxy) is 1. The standard InChI is InChI=1S/C19H21NO4/c1-14(10-11-15-6-3-2-4-7-15)20-18(22)13-24-19(23)16-8-5-9-17(21)12-16/h2-9,12,14,21H,10-11,13H2,1H3,(H,20,22)/t14-/m1/s1. The Morgan fingerprint density at radius 2 is 1.88 bits per heavy atom. The summed E-state index contributed by atoms with van der Waals surface area (Å²) in [6.07, 6.45) is 1.67. The fourth-order valence-corrected chi connectivity index (χ4v) is 2.26. The first kappa shape index (κ1) is 17.5. The van der Waals surface area contributed by atoms with Crippen LogP contribution in [0.4, 0.5) is 0 Å². The molecule has 0 saturated heterocycles. The lowest BCUT2D eigenvalue weighted by atomic mass is 10.1. The third kappa shape index (κ3) is 5.76. The summed E-state index contributed by atoms with van der Waals surface area (Å²) in [6, 6.07) is 15.8. The number of carbonyl (C=O) groups is 2. The first-order valence-corrected chi connectivity index (χ1v) is 7.84. The van der Waals surface area contributed by atoms with Crippen LogP contribution in [0.25, 0.3) is 0 Å². The van der Waals surface area contributed by atoms with Crippen LogP contribution in [0.3, 0.4) is 0 Å². The minimum absolute atomic E-state index is 0.0165. The van der Waals surface area contributed by atoms with E-state index in [1.54, 1.807) is 0 Å². The van der Waals surface area contributed by atoms with E-state index < -0.39 is 5.97 Å². The van der Waals surface area contributed by atoms with Gasteiger partial charge in [-0.05, 0) is 43.5 Å². The predicted octanol–water partition coefficient (Wildman–Crippen LogP) is 2.69. The highest BCUT2D eigenvalue weighted by atomic mass is 16.5. The molecule has 0 fully saturated rings. The van der Waals surface area contributed by atoms with Crippen LogP contribution in [0.2, 0.25) is 0 Å². The number of hydrogen-bond acceptors (Lipinski definition) is 4. The average molecular weight is 327 g/mol. The van der Waals surface area contributed by atoms with Crippen molar-refractivity contribution in [3.63, 3.8) is 0 Å². The highest BCUT2D eigenvalue weighted by Crippen LogP contribution is 2.11. The molecule has 0 heterocycles. The molecule has 0 unspecified atom stereocenters. The van der Waals surface area contributed by atoms with Crippen molar-refractivity contribution in [1.29, 1.82) is 0 Å². The highest BCUT2D eigenvalue weighted by Gasteiger charge is 2.12. The molecule has 126 valence electrons. The minimum atomic E-state index is -0.641. The lowest BCUT2D eigenvalue weighted by molar-refractivity contribution is -0.124. The quantitative estimate of drug-likeness (QED) is 0.767. The Labute approximate surface area is 141 Å². The number of amides is 1. The molecule has 5 nitrogen and oxygen atoms in total. The molecule has 1 atom stereocenters. The van der Waals surface area contributed by atoms with Gasteiger partial charge in [-0.1, -0.05) is 36.4 Å². The number of aromatic hydroxyl groups is 1. The normalized spacial score (nSPS) is 11.5. The zero-order chi connectivity index (χ0) is 17.4. The summed E-state index contributed by atoms with van der Waals surface area (Å²) in [7, 11) is 0. The van der Waals surface area contributed by atoms with E-state index in [4.69, 9.17) is 4.74 Å². The Bertz CT molecular complexity index is 685. The van der Waals surface area contributed by atoms with E-state index in [9.17, 15) is 14.7 Å². The van der Waals surface area contributed by atoms with Gasteiger partial charge in [0, 0.05) is 6.04 Å². The fraction of sp³-hybridized carbons (Fsp3) is 0.263. The lowest BCUT2D eigenvalue weighted by Crippen LogP contribution is -2.36. The molecular formula is C19H21NO4. The van der Waals surface area contributed by atoms with Gasteiger partial charge in [0.25, 0.3) is 5.91 Å². The van der Waals surface area contributed by atoms with Crippen LogP contribution in [0.5, 0.6) is 5.75 Å². The number of phenolic OH excluding ortho intramolecular Hbond substituents is 1. The summed E-state index contributed by atoms with van der Waals surface area (Å²) in [5, 5.41) is 12.1. The second-order valence-electron chi connectivity index (χ2n) is 5.62. The van der Waals surface area contributed by atoms with Crippen LogP contribution in [0.1, 0.15) is 29.3 Å². The van der Waals surface area contributed by atoms with Crippen LogP contribution in [0, 0.1) is 0 Å². The topological polar surface area (TPSA) is 75.6 Å². The molecule has 0 aliphatic rings. The number of benzene rings is 2. The van der Waals surface area contributed by atoms with Gasteiger partial charge in [0.2, 0.25) is 0 Å². The molecular weight excluding hydrogens is 306 g/mol. The van der Waals surface area contributed by atoms with Crippen molar-refractivity contribution >= 4 is 11.9 Å². The highest BCUT2D eigenvalue weighted by molar-refractivity contribution is 5.91. The van der Waals surface area contributed by atoms with Gasteiger partial charge in [-0.3, -0.25) is 4.79 Å². The molecule has 0 spiro atoms. The van der Waals surface area contributed by atoms with Gasteiger partial charge in [-0.2, -0.15) is 0 Å². The van der Waals surface area contributed by atoms with E-state index in [-0.39, 0.29) is 29.9 Å². The molecule has 0 aromatic heterocycles. The van der Waals surface area contributed by atoms with Crippen LogP contribution >= 0.6 is 0 Å². The maximum Gasteiger partial charge on any atom is 0.338 e. The van der Waals surface area contributed by atoms with Crippen molar-refractivity contribution in [3.8, 4) is 5.75 Å². The number of aryl methyl sites for hydroxylation is 1. The van der Waals surface area contributed by atoms with Crippen molar-refractivity contribution in [1.82, 2.24) is 5.32 Å². The van der Waals surface area contributed by atoms with Crippen molar-refractivity contribution < 1.29 is 19.4 Å². The molecule has 0 aliphatic carbocycles. The summed E-state index contributed by atoms with van der Waals surface area (Å²) < 4.78 is 4.95. The molecule has 1 amide bonds. The van der Waals surface area contributed by atoms with Crippen molar-refractivity contribution in [3.05, 3.63) is 65.7 Å². The maximum absolute atomic E-state index is 11.8. The Kier molecular flexibility index (Phi) is 6.37. The first-order chi connectivity index (χ1) is 11.5. The van der Waals surface area contributed by atoms with Gasteiger partial charge in [0.1, 0.15) is 5.75 Å². The van der Waals surface area contributed by atoms with Crippen LogP contribution in [-0.4, -0.2) is 29.6 Å². The Balaban J connectivity index is 1.71. The molecule has 2 aromatic carbocycles. The van der Waals surface area contributed by atoms with Crippen LogP contribution < -0.4 is 5.32 Å². The van der Waals surface area contributed by atoms with E-state index in [1.807, 2.05) is 37.3 Å². The van der Waals surface area contributed by atoms with E-state index >= 15 is 0 Å². The summed E-state index contributed by atoms with van der Waals surface area (Å²) >= 11 is 0. The molecule has 2 aromatic rings. The van der Waals surface area contributed by atoms with Gasteiger partial charge in [-0.15, -0.1) is 0 Å². The number of nitrogens with one attached hydrogen (secondary N) is 1. The minimum Gasteiger partial charge on any atom is -0.508 e. The van der Waals surface area contributed by atoms with E-state index in [0.717, 1.165) is 12.8 Å². The molecule has 0 bridgehead atoms. The maximum atomic E-state index is 11.8. The summed E-state index contributed by atoms with van der Waals surface area (Å²) in [6.45, 7) is 1.57. The smallest absolute Gasteiger partial charge is 0.338 e. The average Bonchev–Trinajstić information content (AvgIpc) is 2.59. The van der Waals surface area contributed by atoms with Gasteiger partial charge in [0.15, 0.2) is 6.61 Å². The van der Waals surface area contributed by atoms with Crippen molar-refractivity contribution in [2.75, 3.05) is 6.61 Å². The monoisotopic (exact) mass is 327 g/mol. The van der Waals surface area contributed by atoms with Crippen LogP contribution in [-0.2, 0) is 16.0 Å². The Morgan fingerprint density at radius 1 is 1.12 bits per heavy atom. The fourth-order valence-electron chi connectivity index (χ4n) is 2.26.